The number of phenols is 1. The highest BCUT2D eigenvalue weighted by Gasteiger charge is 2.19. The topological polar surface area (TPSA) is 141 Å². The quantitative estimate of drug-likeness (QED) is 0.0863. The van der Waals surface area contributed by atoms with Crippen LogP contribution in [0.4, 0.5) is 14.9 Å². The summed E-state index contributed by atoms with van der Waals surface area (Å²) in [7, 11) is 0. The Morgan fingerprint density at radius 1 is 0.913 bits per heavy atom. The molecule has 3 aromatic carbocycles. The Labute approximate surface area is 270 Å². The number of carbonyl (C=O) groups excluding carboxylic acids is 2. The number of hydrogen-bond acceptors (Lipinski definition) is 8. The van der Waals surface area contributed by atoms with Gasteiger partial charge in [0.05, 0.1) is 18.4 Å². The molecule has 0 saturated heterocycles. The second-order valence-corrected chi connectivity index (χ2v) is 11.1. The largest absolute Gasteiger partial charge is 0.508 e. The van der Waals surface area contributed by atoms with Gasteiger partial charge in [0.2, 0.25) is 0 Å². The average Bonchev–Trinajstić information content (AvgIpc) is 3.05. The fourth-order valence-corrected chi connectivity index (χ4v) is 4.80. The summed E-state index contributed by atoms with van der Waals surface area (Å²) < 4.78 is 19.1. The van der Waals surface area contributed by atoms with Gasteiger partial charge in [-0.2, -0.15) is 0 Å². The van der Waals surface area contributed by atoms with Crippen molar-refractivity contribution in [1.82, 2.24) is 10.6 Å². The molecule has 1 atom stereocenters. The van der Waals surface area contributed by atoms with Gasteiger partial charge in [-0.3, -0.25) is 0 Å². The Morgan fingerprint density at radius 3 is 2.37 bits per heavy atom. The zero-order valence-electron chi connectivity index (χ0n) is 26.4. The van der Waals surface area contributed by atoms with Crippen molar-refractivity contribution >= 4 is 17.7 Å². The number of aliphatic hydroxyl groups excluding tert-OH is 2. The van der Waals surface area contributed by atoms with Crippen LogP contribution < -0.4 is 15.7 Å². The van der Waals surface area contributed by atoms with Gasteiger partial charge in [0.1, 0.15) is 11.6 Å². The summed E-state index contributed by atoms with van der Waals surface area (Å²) >= 11 is 0. The molecule has 0 aromatic heterocycles. The van der Waals surface area contributed by atoms with E-state index >= 15 is 0 Å². The van der Waals surface area contributed by atoms with Crippen LogP contribution in [0.5, 0.6) is 5.75 Å². The number of anilines is 1. The molecule has 0 aliphatic carbocycles. The fraction of sp³-hybridized carbons (Fsp3) is 0.429. The Morgan fingerprint density at radius 2 is 1.63 bits per heavy atom. The number of urea groups is 1. The van der Waals surface area contributed by atoms with Crippen molar-refractivity contribution in [2.75, 3.05) is 31.4 Å². The van der Waals surface area contributed by atoms with Gasteiger partial charge in [0.15, 0.2) is 0 Å². The lowest BCUT2D eigenvalue weighted by atomic mass is 10.1. The van der Waals surface area contributed by atoms with Crippen LogP contribution in [-0.4, -0.2) is 53.6 Å². The smallest absolute Gasteiger partial charge is 0.355 e. The van der Waals surface area contributed by atoms with Crippen molar-refractivity contribution in [3.8, 4) is 5.75 Å². The SMILES string of the molecule is CC(=O)ON(C(=O)NCc1cccc(CCCCOCCCCCCNC[C@@H](O)c2ccc(O)c(CO)c2)c1)c1ccc(F)cc1. The minimum atomic E-state index is -0.697. The number of halogens is 1. The maximum atomic E-state index is 13.3. The number of nitrogens with zero attached hydrogens (tertiary/aromatic N) is 1. The maximum absolute atomic E-state index is 13.3. The Hall–Kier alpha value is -4.03. The van der Waals surface area contributed by atoms with Crippen molar-refractivity contribution in [3.05, 3.63) is 94.8 Å². The third-order valence-electron chi connectivity index (χ3n) is 7.29. The highest BCUT2D eigenvalue weighted by Crippen LogP contribution is 2.22. The summed E-state index contributed by atoms with van der Waals surface area (Å²) in [6.45, 7) is 3.81. The van der Waals surface area contributed by atoms with E-state index in [9.17, 15) is 29.3 Å². The minimum absolute atomic E-state index is 0.0250. The summed E-state index contributed by atoms with van der Waals surface area (Å²) in [6.07, 6.45) is 6.27. The number of aryl methyl sites for hydroxylation is 1. The molecule has 11 heteroatoms. The van der Waals surface area contributed by atoms with Gasteiger partial charge in [0, 0.05) is 38.8 Å². The summed E-state index contributed by atoms with van der Waals surface area (Å²) in [5, 5.41) is 36.0. The fourth-order valence-electron chi connectivity index (χ4n) is 4.80. The van der Waals surface area contributed by atoms with Crippen LogP contribution in [0.2, 0.25) is 0 Å². The lowest BCUT2D eigenvalue weighted by Crippen LogP contribution is -2.40. The van der Waals surface area contributed by atoms with Crippen molar-refractivity contribution in [1.29, 1.82) is 0 Å². The first-order chi connectivity index (χ1) is 22.3. The molecule has 0 heterocycles. The first kappa shape index (κ1) is 36.4. The number of aliphatic hydroxyl groups is 2. The van der Waals surface area contributed by atoms with Crippen molar-refractivity contribution in [3.63, 3.8) is 0 Å². The number of rotatable bonds is 19. The monoisotopic (exact) mass is 639 g/mol. The van der Waals surface area contributed by atoms with Gasteiger partial charge in [-0.1, -0.05) is 43.2 Å². The van der Waals surface area contributed by atoms with Crippen molar-refractivity contribution in [2.24, 2.45) is 0 Å². The summed E-state index contributed by atoms with van der Waals surface area (Å²) in [4.78, 5) is 29.3. The van der Waals surface area contributed by atoms with E-state index in [1.807, 2.05) is 24.3 Å². The summed E-state index contributed by atoms with van der Waals surface area (Å²) in [5.41, 5.74) is 3.36. The molecule has 0 saturated carbocycles. The van der Waals surface area contributed by atoms with Crippen LogP contribution in [0.3, 0.4) is 0 Å². The third kappa shape index (κ3) is 13.1. The predicted octanol–water partition coefficient (Wildman–Crippen LogP) is 5.44. The zero-order chi connectivity index (χ0) is 33.1. The maximum Gasteiger partial charge on any atom is 0.355 e. The number of hydroxylamine groups is 1. The number of unbranched alkanes of at least 4 members (excludes halogenated alkanes) is 4. The third-order valence-corrected chi connectivity index (χ3v) is 7.29. The minimum Gasteiger partial charge on any atom is -0.508 e. The van der Waals surface area contributed by atoms with Crippen LogP contribution in [0.1, 0.15) is 73.8 Å². The predicted molar refractivity (Wildman–Crippen MR) is 173 cm³/mol. The molecule has 0 bridgehead atoms. The molecule has 0 aliphatic rings. The highest BCUT2D eigenvalue weighted by molar-refractivity contribution is 5.91. The second kappa shape index (κ2) is 20.2. The number of aromatic hydroxyl groups is 1. The lowest BCUT2D eigenvalue weighted by molar-refractivity contribution is -0.141. The number of hydrogen-bond donors (Lipinski definition) is 5. The van der Waals surface area contributed by atoms with Crippen LogP contribution in [0.15, 0.2) is 66.7 Å². The standard InChI is InChI=1S/C35H46FN3O7/c1-26(41)46-39(32-15-13-31(36)14-16-32)35(44)38-23-28-11-8-10-27(21-28)9-4-7-20-45-19-6-3-2-5-18-37-24-34(43)29-12-17-33(42)30(22-29)25-40/h8,10-17,21-22,34,37,40,42-43H,2-7,9,18-20,23-25H2,1H3,(H,38,44)/t34-/m1/s1. The summed E-state index contributed by atoms with van der Waals surface area (Å²) in [6, 6.07) is 17.1. The lowest BCUT2D eigenvalue weighted by Gasteiger charge is -2.21. The molecular formula is C35H46FN3O7. The van der Waals surface area contributed by atoms with Crippen molar-refractivity contribution < 1.29 is 38.9 Å². The number of ether oxygens (including phenoxy) is 1. The van der Waals surface area contributed by atoms with E-state index in [2.05, 4.69) is 10.6 Å². The number of nitrogens with one attached hydrogen (secondary N) is 2. The molecule has 0 radical (unpaired) electrons. The van der Waals surface area contributed by atoms with Crippen LogP contribution in [-0.2, 0) is 33.9 Å². The molecule has 0 unspecified atom stereocenters. The molecule has 46 heavy (non-hydrogen) atoms. The van der Waals surface area contributed by atoms with Crippen LogP contribution >= 0.6 is 0 Å². The molecule has 5 N–H and O–H groups in total. The molecule has 0 aliphatic heterocycles. The molecule has 2 amide bonds. The number of benzene rings is 3. The van der Waals surface area contributed by atoms with Gasteiger partial charge >= 0.3 is 12.0 Å². The van der Waals surface area contributed by atoms with Gasteiger partial charge in [-0.15, -0.1) is 5.06 Å². The first-order valence-corrected chi connectivity index (χ1v) is 15.8. The van der Waals surface area contributed by atoms with E-state index in [-0.39, 0.29) is 24.6 Å². The second-order valence-electron chi connectivity index (χ2n) is 11.1. The Balaban J connectivity index is 1.22. The molecule has 3 rings (SSSR count). The highest BCUT2D eigenvalue weighted by atomic mass is 19.1. The zero-order valence-corrected chi connectivity index (χ0v) is 26.4. The summed E-state index contributed by atoms with van der Waals surface area (Å²) in [5.74, 6) is -1.11. The molecule has 3 aromatic rings. The normalized spacial score (nSPS) is 11.7. The molecule has 0 spiro atoms. The van der Waals surface area contributed by atoms with E-state index in [1.165, 1.54) is 37.3 Å². The van der Waals surface area contributed by atoms with E-state index in [0.29, 0.717) is 24.3 Å². The van der Waals surface area contributed by atoms with E-state index < -0.39 is 23.9 Å². The first-order valence-electron chi connectivity index (χ1n) is 15.8. The molecular weight excluding hydrogens is 593 g/mol. The van der Waals surface area contributed by atoms with Crippen molar-refractivity contribution in [2.45, 2.75) is 71.1 Å². The van der Waals surface area contributed by atoms with Crippen LogP contribution in [0.25, 0.3) is 0 Å². The van der Waals surface area contributed by atoms with Crippen LogP contribution in [0, 0.1) is 5.82 Å². The molecule has 250 valence electrons. The molecule has 10 nitrogen and oxygen atoms in total. The van der Waals surface area contributed by atoms with E-state index in [0.717, 1.165) is 74.3 Å². The Bertz CT molecular complexity index is 1360. The number of amides is 2. The van der Waals surface area contributed by atoms with Gasteiger partial charge in [0.25, 0.3) is 0 Å². The average molecular weight is 640 g/mol. The number of carbonyl (C=O) groups is 2. The van der Waals surface area contributed by atoms with Gasteiger partial charge in [-0.25, -0.2) is 14.0 Å². The van der Waals surface area contributed by atoms with E-state index in [4.69, 9.17) is 9.57 Å². The van der Waals surface area contributed by atoms with E-state index in [1.54, 1.807) is 12.1 Å². The molecule has 0 fully saturated rings. The van der Waals surface area contributed by atoms with Gasteiger partial charge in [-0.05, 0) is 91.7 Å². The van der Waals surface area contributed by atoms with Gasteiger partial charge < -0.3 is 35.5 Å². The Kier molecular flexibility index (Phi) is 16.0.